The number of rotatable bonds is 4. The lowest BCUT2D eigenvalue weighted by Crippen LogP contribution is -2.41. The summed E-state index contributed by atoms with van der Waals surface area (Å²) in [7, 11) is 1.90. The average molecular weight is 222 g/mol. The van der Waals surface area contributed by atoms with Gasteiger partial charge < -0.3 is 10.0 Å². The van der Waals surface area contributed by atoms with E-state index in [-0.39, 0.29) is 5.54 Å². The molecule has 88 valence electrons. The van der Waals surface area contributed by atoms with Crippen molar-refractivity contribution in [3.8, 4) is 0 Å². The van der Waals surface area contributed by atoms with Crippen molar-refractivity contribution in [1.29, 1.82) is 0 Å². The molecule has 0 aliphatic heterocycles. The Labute approximate surface area is 95.9 Å². The number of carboxylic acids is 1. The topological polar surface area (TPSA) is 53.4 Å². The summed E-state index contributed by atoms with van der Waals surface area (Å²) < 4.78 is 0. The molecular weight excluding hydrogens is 204 g/mol. The molecule has 0 spiro atoms. The maximum Gasteiger partial charge on any atom is 0.337 e. The van der Waals surface area contributed by atoms with Gasteiger partial charge in [-0.2, -0.15) is 0 Å². The van der Waals surface area contributed by atoms with Gasteiger partial charge in [-0.1, -0.05) is 6.92 Å². The summed E-state index contributed by atoms with van der Waals surface area (Å²) >= 11 is 0. The summed E-state index contributed by atoms with van der Waals surface area (Å²) in [5.41, 5.74) is 0.855. The minimum absolute atomic E-state index is 0.0900. The van der Waals surface area contributed by atoms with Crippen LogP contribution in [0.1, 0.15) is 37.6 Å². The Morgan fingerprint density at radius 2 is 2.19 bits per heavy atom. The first-order valence-corrected chi connectivity index (χ1v) is 5.31. The number of aromatic carboxylic acids is 1. The second kappa shape index (κ2) is 4.51. The molecule has 1 aromatic rings. The molecule has 4 heteroatoms. The third kappa shape index (κ3) is 2.32. The first-order chi connectivity index (χ1) is 7.40. The van der Waals surface area contributed by atoms with Crippen LogP contribution in [0, 0.1) is 0 Å². The number of carboxylic acid groups (broad SMARTS) is 1. The molecule has 1 rings (SSSR count). The lowest BCUT2D eigenvalue weighted by atomic mass is 9.98. The second-order valence-electron chi connectivity index (χ2n) is 4.42. The van der Waals surface area contributed by atoms with E-state index in [1.807, 2.05) is 11.9 Å². The van der Waals surface area contributed by atoms with Crippen molar-refractivity contribution in [2.75, 3.05) is 11.9 Å². The van der Waals surface area contributed by atoms with Crippen LogP contribution in [0.4, 0.5) is 5.69 Å². The van der Waals surface area contributed by atoms with E-state index in [0.29, 0.717) is 11.3 Å². The minimum atomic E-state index is -0.920. The number of pyridine rings is 1. The lowest BCUT2D eigenvalue weighted by molar-refractivity contribution is 0.0697. The van der Waals surface area contributed by atoms with Crippen LogP contribution >= 0.6 is 0 Å². The van der Waals surface area contributed by atoms with E-state index in [4.69, 9.17) is 5.11 Å². The number of hydrogen-bond acceptors (Lipinski definition) is 3. The maximum atomic E-state index is 11.1. The Balaban J connectivity index is 3.18. The molecule has 0 saturated heterocycles. The molecule has 0 amide bonds. The van der Waals surface area contributed by atoms with E-state index in [2.05, 4.69) is 25.8 Å². The van der Waals surface area contributed by atoms with Crippen LogP contribution in [0.15, 0.2) is 18.5 Å². The van der Waals surface area contributed by atoms with Crippen molar-refractivity contribution in [2.24, 2.45) is 0 Å². The number of carbonyl (C=O) groups is 1. The smallest absolute Gasteiger partial charge is 0.337 e. The van der Waals surface area contributed by atoms with E-state index in [9.17, 15) is 4.79 Å². The molecule has 16 heavy (non-hydrogen) atoms. The Morgan fingerprint density at radius 1 is 1.56 bits per heavy atom. The van der Waals surface area contributed by atoms with Gasteiger partial charge in [-0.25, -0.2) is 4.79 Å². The summed E-state index contributed by atoms with van der Waals surface area (Å²) in [5, 5.41) is 9.10. The molecule has 0 fully saturated rings. The monoisotopic (exact) mass is 222 g/mol. The average Bonchev–Trinajstić information content (AvgIpc) is 2.28. The van der Waals surface area contributed by atoms with Gasteiger partial charge in [0.1, 0.15) is 0 Å². The fraction of sp³-hybridized carbons (Fsp3) is 0.500. The van der Waals surface area contributed by atoms with Crippen molar-refractivity contribution in [3.05, 3.63) is 24.0 Å². The summed E-state index contributed by atoms with van der Waals surface area (Å²) in [6.45, 7) is 6.23. The highest BCUT2D eigenvalue weighted by Gasteiger charge is 2.25. The van der Waals surface area contributed by atoms with Crippen molar-refractivity contribution in [1.82, 2.24) is 4.98 Å². The largest absolute Gasteiger partial charge is 0.478 e. The Hall–Kier alpha value is -1.58. The fourth-order valence-electron chi connectivity index (χ4n) is 1.40. The van der Waals surface area contributed by atoms with Crippen LogP contribution < -0.4 is 4.90 Å². The van der Waals surface area contributed by atoms with E-state index in [1.54, 1.807) is 6.20 Å². The molecule has 0 radical (unpaired) electrons. The molecule has 0 bridgehead atoms. The van der Waals surface area contributed by atoms with Crippen molar-refractivity contribution < 1.29 is 9.90 Å². The Kier molecular flexibility index (Phi) is 3.52. The van der Waals surface area contributed by atoms with Crippen molar-refractivity contribution >= 4 is 11.7 Å². The standard InChI is InChI=1S/C12H18N2O2/c1-5-12(2,3)14(4)10-8-13-7-6-9(10)11(15)16/h6-8H,5H2,1-4H3,(H,15,16). The fourth-order valence-corrected chi connectivity index (χ4v) is 1.40. The Bertz CT molecular complexity index is 388. The lowest BCUT2D eigenvalue weighted by Gasteiger charge is -2.37. The molecule has 0 aliphatic carbocycles. The number of aromatic nitrogens is 1. The van der Waals surface area contributed by atoms with Crippen LogP contribution in [-0.2, 0) is 0 Å². The predicted octanol–water partition coefficient (Wildman–Crippen LogP) is 2.40. The zero-order valence-electron chi connectivity index (χ0n) is 10.2. The molecule has 1 aromatic heterocycles. The van der Waals surface area contributed by atoms with Gasteiger partial charge in [-0.15, -0.1) is 0 Å². The first kappa shape index (κ1) is 12.5. The molecule has 0 aromatic carbocycles. The zero-order valence-corrected chi connectivity index (χ0v) is 10.2. The number of anilines is 1. The van der Waals surface area contributed by atoms with Crippen molar-refractivity contribution in [2.45, 2.75) is 32.7 Å². The summed E-state index contributed by atoms with van der Waals surface area (Å²) in [4.78, 5) is 17.0. The molecule has 4 nitrogen and oxygen atoms in total. The highest BCUT2D eigenvalue weighted by Crippen LogP contribution is 2.27. The SMILES string of the molecule is CCC(C)(C)N(C)c1cnccc1C(=O)O. The van der Waals surface area contributed by atoms with E-state index in [0.717, 1.165) is 6.42 Å². The van der Waals surface area contributed by atoms with Gasteiger partial charge in [-0.05, 0) is 26.3 Å². The highest BCUT2D eigenvalue weighted by molar-refractivity contribution is 5.94. The van der Waals surface area contributed by atoms with Gasteiger partial charge in [0.25, 0.3) is 0 Å². The molecule has 0 atom stereocenters. The molecular formula is C12H18N2O2. The predicted molar refractivity (Wildman–Crippen MR) is 64.0 cm³/mol. The van der Waals surface area contributed by atoms with Crippen LogP contribution in [0.25, 0.3) is 0 Å². The van der Waals surface area contributed by atoms with Crippen LogP contribution in [0.2, 0.25) is 0 Å². The van der Waals surface area contributed by atoms with Crippen LogP contribution in [0.3, 0.4) is 0 Å². The van der Waals surface area contributed by atoms with E-state index in [1.165, 1.54) is 12.3 Å². The molecule has 0 unspecified atom stereocenters. The summed E-state index contributed by atoms with van der Waals surface area (Å²) in [6, 6.07) is 1.53. The normalized spacial score (nSPS) is 11.2. The maximum absolute atomic E-state index is 11.1. The summed E-state index contributed by atoms with van der Waals surface area (Å²) in [5.74, 6) is -0.920. The van der Waals surface area contributed by atoms with Gasteiger partial charge >= 0.3 is 5.97 Å². The number of nitrogens with zero attached hydrogens (tertiary/aromatic N) is 2. The Morgan fingerprint density at radius 3 is 2.69 bits per heavy atom. The molecule has 0 aliphatic rings. The number of hydrogen-bond donors (Lipinski definition) is 1. The van der Waals surface area contributed by atoms with E-state index < -0.39 is 5.97 Å². The third-order valence-electron chi connectivity index (χ3n) is 3.17. The van der Waals surface area contributed by atoms with Gasteiger partial charge in [0.2, 0.25) is 0 Å². The van der Waals surface area contributed by atoms with E-state index >= 15 is 0 Å². The van der Waals surface area contributed by atoms with Gasteiger partial charge in [-0.3, -0.25) is 4.98 Å². The van der Waals surface area contributed by atoms with Gasteiger partial charge in [0.15, 0.2) is 0 Å². The zero-order chi connectivity index (χ0) is 12.3. The quantitative estimate of drug-likeness (QED) is 0.850. The second-order valence-corrected chi connectivity index (χ2v) is 4.42. The molecule has 0 saturated carbocycles. The first-order valence-electron chi connectivity index (χ1n) is 5.31. The van der Waals surface area contributed by atoms with Gasteiger partial charge in [0, 0.05) is 18.8 Å². The minimum Gasteiger partial charge on any atom is -0.478 e. The molecule has 1 N–H and O–H groups in total. The third-order valence-corrected chi connectivity index (χ3v) is 3.17. The highest BCUT2D eigenvalue weighted by atomic mass is 16.4. The summed E-state index contributed by atoms with van der Waals surface area (Å²) in [6.07, 6.45) is 4.03. The van der Waals surface area contributed by atoms with Crippen LogP contribution in [0.5, 0.6) is 0 Å². The molecule has 1 heterocycles. The van der Waals surface area contributed by atoms with Crippen LogP contribution in [-0.4, -0.2) is 28.6 Å². The van der Waals surface area contributed by atoms with Crippen molar-refractivity contribution in [3.63, 3.8) is 0 Å². The van der Waals surface area contributed by atoms with Gasteiger partial charge in [0.05, 0.1) is 17.4 Å².